The fraction of sp³-hybridized carbons (Fsp3) is 0.353. The molecular weight excluding hydrogens is 312 g/mol. The van der Waals surface area contributed by atoms with Crippen molar-refractivity contribution in [3.05, 3.63) is 52.7 Å². The van der Waals surface area contributed by atoms with Gasteiger partial charge in [0.2, 0.25) is 0 Å². The molecule has 0 saturated heterocycles. The van der Waals surface area contributed by atoms with Crippen LogP contribution in [0.15, 0.2) is 36.4 Å². The monoisotopic (exact) mass is 332 g/mol. The summed E-state index contributed by atoms with van der Waals surface area (Å²) in [5.41, 5.74) is 1.29. The fourth-order valence-corrected chi connectivity index (χ4v) is 2.16. The van der Waals surface area contributed by atoms with E-state index in [4.69, 9.17) is 11.6 Å². The molecule has 0 unspecified atom stereocenters. The summed E-state index contributed by atoms with van der Waals surface area (Å²) in [5, 5.41) is 11.6. The Morgan fingerprint density at radius 3 is 2.52 bits per heavy atom. The van der Waals surface area contributed by atoms with E-state index in [0.29, 0.717) is 17.3 Å². The first-order chi connectivity index (χ1) is 11.1. The second kappa shape index (κ2) is 8.48. The van der Waals surface area contributed by atoms with Crippen molar-refractivity contribution in [1.82, 2.24) is 15.5 Å². The smallest absolute Gasteiger partial charge is 0.272 e. The van der Waals surface area contributed by atoms with Gasteiger partial charge < -0.3 is 10.2 Å². The number of rotatable bonds is 7. The van der Waals surface area contributed by atoms with Crippen LogP contribution in [0, 0.1) is 0 Å². The van der Waals surface area contributed by atoms with Crippen LogP contribution in [-0.4, -0.2) is 29.7 Å². The van der Waals surface area contributed by atoms with Gasteiger partial charge in [0.1, 0.15) is 0 Å². The minimum Gasteiger partial charge on any atom is -0.358 e. The predicted octanol–water partition coefficient (Wildman–Crippen LogP) is 3.30. The second-order valence-electron chi connectivity index (χ2n) is 5.36. The Morgan fingerprint density at radius 2 is 1.91 bits per heavy atom. The van der Waals surface area contributed by atoms with Gasteiger partial charge in [-0.15, -0.1) is 10.2 Å². The molecule has 6 heteroatoms. The summed E-state index contributed by atoms with van der Waals surface area (Å²) >= 11 is 5.83. The highest BCUT2D eigenvalue weighted by Gasteiger charge is 2.09. The van der Waals surface area contributed by atoms with Crippen LogP contribution in [0.5, 0.6) is 0 Å². The highest BCUT2D eigenvalue weighted by Crippen LogP contribution is 2.10. The fourth-order valence-electron chi connectivity index (χ4n) is 2.03. The Kier molecular flexibility index (Phi) is 6.35. The van der Waals surface area contributed by atoms with E-state index < -0.39 is 0 Å². The number of hydrogen-bond donors (Lipinski definition) is 1. The lowest BCUT2D eigenvalue weighted by Crippen LogP contribution is -2.25. The summed E-state index contributed by atoms with van der Waals surface area (Å²) < 4.78 is 0. The molecule has 5 nitrogen and oxygen atoms in total. The van der Waals surface area contributed by atoms with Crippen LogP contribution in [-0.2, 0) is 6.54 Å². The van der Waals surface area contributed by atoms with Gasteiger partial charge in [-0.2, -0.15) is 0 Å². The number of unbranched alkanes of at least 4 members (excludes halogenated alkanes) is 1. The molecule has 0 saturated carbocycles. The Hall–Kier alpha value is -2.14. The molecule has 1 N–H and O–H groups in total. The first kappa shape index (κ1) is 17.2. The maximum Gasteiger partial charge on any atom is 0.272 e. The molecule has 0 aliphatic heterocycles. The highest BCUT2D eigenvalue weighted by molar-refractivity contribution is 6.30. The van der Waals surface area contributed by atoms with E-state index in [1.807, 2.05) is 30.1 Å². The Balaban J connectivity index is 1.90. The number of aromatic nitrogens is 2. The average Bonchev–Trinajstić information content (AvgIpc) is 2.59. The molecule has 1 aromatic heterocycles. The van der Waals surface area contributed by atoms with Crippen molar-refractivity contribution in [3.63, 3.8) is 0 Å². The average molecular weight is 333 g/mol. The van der Waals surface area contributed by atoms with Crippen molar-refractivity contribution in [3.8, 4) is 0 Å². The molecule has 0 radical (unpaired) electrons. The third-order valence-electron chi connectivity index (χ3n) is 3.49. The van der Waals surface area contributed by atoms with Gasteiger partial charge in [0.05, 0.1) is 0 Å². The van der Waals surface area contributed by atoms with E-state index in [1.54, 1.807) is 18.2 Å². The zero-order valence-corrected chi connectivity index (χ0v) is 14.2. The molecular formula is C17H21ClN4O. The van der Waals surface area contributed by atoms with Crippen LogP contribution in [0.2, 0.25) is 5.02 Å². The zero-order valence-electron chi connectivity index (χ0n) is 13.4. The lowest BCUT2D eigenvalue weighted by Gasteiger charge is -2.16. The molecule has 23 heavy (non-hydrogen) atoms. The van der Waals surface area contributed by atoms with Crippen molar-refractivity contribution >= 4 is 23.3 Å². The molecule has 0 aliphatic carbocycles. The van der Waals surface area contributed by atoms with E-state index >= 15 is 0 Å². The summed E-state index contributed by atoms with van der Waals surface area (Å²) in [7, 11) is 1.97. The lowest BCUT2D eigenvalue weighted by molar-refractivity contribution is 0.0945. The molecule has 1 heterocycles. The predicted molar refractivity (Wildman–Crippen MR) is 92.8 cm³/mol. The first-order valence-electron chi connectivity index (χ1n) is 7.67. The van der Waals surface area contributed by atoms with Gasteiger partial charge in [-0.3, -0.25) is 4.79 Å². The molecule has 2 aromatic rings. The number of hydrogen-bond acceptors (Lipinski definition) is 4. The molecule has 0 spiro atoms. The second-order valence-corrected chi connectivity index (χ2v) is 5.80. The minimum atomic E-state index is -0.241. The van der Waals surface area contributed by atoms with Gasteiger partial charge >= 0.3 is 0 Å². The number of carbonyl (C=O) groups excluding carboxylic acids is 1. The minimum absolute atomic E-state index is 0.241. The molecule has 1 amide bonds. The van der Waals surface area contributed by atoms with Crippen molar-refractivity contribution in [2.75, 3.05) is 18.5 Å². The lowest BCUT2D eigenvalue weighted by atomic mass is 10.2. The van der Waals surface area contributed by atoms with E-state index in [2.05, 4.69) is 22.4 Å². The number of carbonyl (C=O) groups is 1. The summed E-state index contributed by atoms with van der Waals surface area (Å²) in [4.78, 5) is 14.1. The van der Waals surface area contributed by atoms with Gasteiger partial charge in [-0.1, -0.05) is 37.1 Å². The summed E-state index contributed by atoms with van der Waals surface area (Å²) in [6.07, 6.45) is 2.23. The molecule has 1 aromatic carbocycles. The number of nitrogens with one attached hydrogen (secondary N) is 1. The first-order valence-corrected chi connectivity index (χ1v) is 8.05. The normalized spacial score (nSPS) is 10.4. The SMILES string of the molecule is CCCCN(C)c1ccc(C(=O)NCc2ccc(Cl)cc2)nn1. The zero-order chi connectivity index (χ0) is 16.7. The van der Waals surface area contributed by atoms with Crippen molar-refractivity contribution in [1.29, 1.82) is 0 Å². The molecule has 2 rings (SSSR count). The Morgan fingerprint density at radius 1 is 1.17 bits per heavy atom. The molecule has 0 aliphatic rings. The quantitative estimate of drug-likeness (QED) is 0.845. The van der Waals surface area contributed by atoms with E-state index in [9.17, 15) is 4.79 Å². The van der Waals surface area contributed by atoms with Gasteiger partial charge in [0, 0.05) is 25.2 Å². The van der Waals surface area contributed by atoms with Gasteiger partial charge in [0.15, 0.2) is 11.5 Å². The van der Waals surface area contributed by atoms with Crippen LogP contribution in [0.4, 0.5) is 5.82 Å². The Labute approximate surface area is 141 Å². The van der Waals surface area contributed by atoms with E-state index in [0.717, 1.165) is 30.8 Å². The number of benzene rings is 1. The van der Waals surface area contributed by atoms with Crippen molar-refractivity contribution in [2.24, 2.45) is 0 Å². The van der Waals surface area contributed by atoms with Crippen molar-refractivity contribution < 1.29 is 4.79 Å². The number of anilines is 1. The van der Waals surface area contributed by atoms with Gasteiger partial charge in [0.25, 0.3) is 5.91 Å². The number of halogens is 1. The molecule has 0 bridgehead atoms. The largest absolute Gasteiger partial charge is 0.358 e. The maximum atomic E-state index is 12.1. The highest BCUT2D eigenvalue weighted by atomic mass is 35.5. The molecule has 122 valence electrons. The summed E-state index contributed by atoms with van der Waals surface area (Å²) in [6.45, 7) is 3.50. The number of amides is 1. The third-order valence-corrected chi connectivity index (χ3v) is 3.74. The Bertz CT molecular complexity index is 628. The summed E-state index contributed by atoms with van der Waals surface area (Å²) in [5.74, 6) is 0.530. The maximum absolute atomic E-state index is 12.1. The van der Waals surface area contributed by atoms with Crippen molar-refractivity contribution in [2.45, 2.75) is 26.3 Å². The van der Waals surface area contributed by atoms with Crippen LogP contribution < -0.4 is 10.2 Å². The van der Waals surface area contributed by atoms with Crippen LogP contribution >= 0.6 is 11.6 Å². The molecule has 0 atom stereocenters. The van der Waals surface area contributed by atoms with E-state index in [-0.39, 0.29) is 5.91 Å². The van der Waals surface area contributed by atoms with E-state index in [1.165, 1.54) is 0 Å². The van der Waals surface area contributed by atoms with Crippen LogP contribution in [0.25, 0.3) is 0 Å². The van der Waals surface area contributed by atoms with Gasteiger partial charge in [-0.25, -0.2) is 0 Å². The topological polar surface area (TPSA) is 58.1 Å². The standard InChI is InChI=1S/C17H21ClN4O/c1-3-4-11-22(2)16-10-9-15(20-21-16)17(23)19-12-13-5-7-14(18)8-6-13/h5-10H,3-4,11-12H2,1-2H3,(H,19,23). The van der Waals surface area contributed by atoms with Gasteiger partial charge in [-0.05, 0) is 36.2 Å². The summed E-state index contributed by atoms with van der Waals surface area (Å²) in [6, 6.07) is 10.9. The van der Waals surface area contributed by atoms with Crippen LogP contribution in [0.1, 0.15) is 35.8 Å². The third kappa shape index (κ3) is 5.21. The van der Waals surface area contributed by atoms with Crippen LogP contribution in [0.3, 0.4) is 0 Å². The number of nitrogens with zero attached hydrogens (tertiary/aromatic N) is 3. The molecule has 0 fully saturated rings.